The van der Waals surface area contributed by atoms with Crippen molar-refractivity contribution in [3.63, 3.8) is 0 Å². The molecule has 0 atom stereocenters. The zero-order chi connectivity index (χ0) is 19.0. The summed E-state index contributed by atoms with van der Waals surface area (Å²) in [6.07, 6.45) is -2.90. The van der Waals surface area contributed by atoms with E-state index in [0.29, 0.717) is 4.90 Å². The molecule has 0 aromatic heterocycles. The molecule has 3 heteroatoms. The minimum Gasteiger partial charge on any atom is -0.339 e. The lowest BCUT2D eigenvalue weighted by Gasteiger charge is -2.35. The lowest BCUT2D eigenvalue weighted by molar-refractivity contribution is -0.131. The molecule has 0 aliphatic heterocycles. The number of hydrogen-bond donors (Lipinski definition) is 0. The van der Waals surface area contributed by atoms with Gasteiger partial charge in [0.2, 0.25) is 5.91 Å². The van der Waals surface area contributed by atoms with Gasteiger partial charge in [0.05, 0.1) is 0 Å². The Morgan fingerprint density at radius 2 is 2.12 bits per heavy atom. The first-order valence-corrected chi connectivity index (χ1v) is 5.16. The second-order valence-electron chi connectivity index (χ2n) is 3.29. The van der Waals surface area contributed by atoms with Crippen LogP contribution in [-0.4, -0.2) is 29.3 Å². The topological polar surface area (TPSA) is 20.3 Å². The molecule has 0 saturated heterocycles. The van der Waals surface area contributed by atoms with Gasteiger partial charge in [0.25, 0.3) is 0 Å². The van der Waals surface area contributed by atoms with Crippen molar-refractivity contribution < 1.29 is 15.8 Å². The molecule has 0 spiro atoms. The van der Waals surface area contributed by atoms with Crippen molar-refractivity contribution in [2.45, 2.75) is 25.6 Å². The quantitative estimate of drug-likeness (QED) is 0.750. The Bertz CT molecular complexity index is 570. The molecule has 0 saturated carbocycles. The molecule has 1 aromatic rings. The molecule has 1 aromatic carbocycles. The predicted octanol–water partition coefficient (Wildman–Crippen LogP) is 2.70. The Kier molecular flexibility index (Phi) is 1.85. The van der Waals surface area contributed by atoms with E-state index < -0.39 is 37.4 Å². The highest BCUT2D eigenvalue weighted by atomic mass is 35.5. The molecular weight excluding hydrogens is 222 g/mol. The van der Waals surface area contributed by atoms with Crippen molar-refractivity contribution in [1.29, 1.82) is 0 Å². The fourth-order valence-electron chi connectivity index (χ4n) is 1.09. The molecule has 0 N–H and O–H groups in total. The van der Waals surface area contributed by atoms with E-state index in [9.17, 15) is 4.79 Å². The molecule has 0 radical (unpaired) electrons. The number of carbonyl (C=O) groups is 1. The maximum Gasteiger partial charge on any atom is 0.237 e. The number of likely N-dealkylation sites (N-methyl/N-ethyl adjacent to an activating group) is 1. The third-order valence-electron chi connectivity index (χ3n) is 2.09. The van der Waals surface area contributed by atoms with Gasteiger partial charge in [-0.3, -0.25) is 4.79 Å². The summed E-state index contributed by atoms with van der Waals surface area (Å²) in [6, 6.07) is 7.07. The third-order valence-corrected chi connectivity index (χ3v) is 2.32. The lowest BCUT2D eigenvalue weighted by atomic mass is 9.93. The van der Waals surface area contributed by atoms with Crippen molar-refractivity contribution in [3.8, 4) is 0 Å². The van der Waals surface area contributed by atoms with E-state index in [-0.39, 0.29) is 5.56 Å². The molecule has 16 heavy (non-hydrogen) atoms. The number of nitrogens with zero attached hydrogens (tertiary/aromatic N) is 1. The van der Waals surface area contributed by atoms with E-state index in [0.717, 1.165) is 7.05 Å². The zero-order valence-electron chi connectivity index (χ0n) is 16.8. The van der Waals surface area contributed by atoms with E-state index in [1.54, 1.807) is 6.07 Å². The summed E-state index contributed by atoms with van der Waals surface area (Å²) in [5, 5.41) is 0. The molecule has 1 amide bonds. The number of rotatable bonds is 4. The smallest absolute Gasteiger partial charge is 0.237 e. The molecule has 0 aliphatic rings. The summed E-state index contributed by atoms with van der Waals surface area (Å²) in [5.41, 5.74) is -3.27. The van der Waals surface area contributed by atoms with Gasteiger partial charge in [0.1, 0.15) is 5.88 Å². The van der Waals surface area contributed by atoms with Crippen LogP contribution in [0.25, 0.3) is 0 Å². The van der Waals surface area contributed by atoms with Crippen LogP contribution in [-0.2, 0) is 11.2 Å². The summed E-state index contributed by atoms with van der Waals surface area (Å²) in [5.74, 6) is -1.67. The van der Waals surface area contributed by atoms with Gasteiger partial charge in [-0.25, -0.2) is 0 Å². The van der Waals surface area contributed by atoms with Gasteiger partial charge in [0.15, 0.2) is 0 Å². The minimum atomic E-state index is -3.35. The molecule has 0 fully saturated rings. The summed E-state index contributed by atoms with van der Waals surface area (Å²) >= 11 is 5.47. The Labute approximate surface area is 113 Å². The number of amides is 1. The predicted molar refractivity (Wildman–Crippen MR) is 67.7 cm³/mol. The Morgan fingerprint density at radius 1 is 1.50 bits per heavy atom. The fraction of sp³-hybridized carbons (Fsp3) is 0.462. The average molecular weight is 248 g/mol. The first-order chi connectivity index (χ1) is 10.7. The van der Waals surface area contributed by atoms with Crippen molar-refractivity contribution >= 4 is 17.5 Å². The van der Waals surface area contributed by atoms with Gasteiger partial charge in [-0.1, -0.05) is 30.3 Å². The van der Waals surface area contributed by atoms with E-state index in [1.165, 1.54) is 24.3 Å². The van der Waals surface area contributed by atoms with E-state index in [1.807, 2.05) is 0 Å². The maximum absolute atomic E-state index is 12.1. The first kappa shape index (κ1) is 5.54. The molecule has 88 valence electrons. The zero-order valence-corrected chi connectivity index (χ0v) is 9.58. The first-order valence-electron chi connectivity index (χ1n) is 8.63. The summed E-state index contributed by atoms with van der Waals surface area (Å²) in [7, 11) is 0.949. The molecule has 0 unspecified atom stereocenters. The van der Waals surface area contributed by atoms with Crippen LogP contribution < -0.4 is 0 Å². The molecule has 0 bridgehead atoms. The molecular formula is C13H18ClNO. The number of hydrogen-bond acceptors (Lipinski definition) is 1. The average Bonchev–Trinajstić information content (AvgIpc) is 2.44. The fourth-order valence-corrected chi connectivity index (χ4v) is 1.27. The molecule has 2 nitrogen and oxygen atoms in total. The van der Waals surface area contributed by atoms with Crippen molar-refractivity contribution in [3.05, 3.63) is 35.9 Å². The van der Waals surface area contributed by atoms with Crippen LogP contribution in [0.1, 0.15) is 30.2 Å². The number of alkyl halides is 1. The van der Waals surface area contributed by atoms with Crippen molar-refractivity contribution in [2.24, 2.45) is 0 Å². The van der Waals surface area contributed by atoms with Crippen molar-refractivity contribution in [1.82, 2.24) is 4.90 Å². The number of halogens is 1. The second-order valence-corrected chi connectivity index (χ2v) is 3.56. The number of carbonyl (C=O) groups excluding carboxylic acids is 1. The van der Waals surface area contributed by atoms with Crippen LogP contribution in [0.4, 0.5) is 0 Å². The van der Waals surface area contributed by atoms with Gasteiger partial charge in [0, 0.05) is 23.6 Å². The number of benzene rings is 1. The van der Waals surface area contributed by atoms with Crippen molar-refractivity contribution in [2.75, 3.05) is 12.9 Å². The van der Waals surface area contributed by atoms with Crippen LogP contribution in [0, 0.1) is 0 Å². The van der Waals surface area contributed by atoms with Gasteiger partial charge in [-0.15, -0.1) is 11.6 Å². The highest BCUT2D eigenvalue weighted by Gasteiger charge is 2.27. The Morgan fingerprint density at radius 3 is 2.62 bits per heavy atom. The van der Waals surface area contributed by atoms with E-state index >= 15 is 0 Å². The normalized spacial score (nSPS) is 21.1. The maximum atomic E-state index is 12.1. The van der Waals surface area contributed by atoms with Crippen LogP contribution in [0.5, 0.6) is 0 Å². The minimum absolute atomic E-state index is 0.161. The van der Waals surface area contributed by atoms with Gasteiger partial charge in [-0.05, 0) is 25.6 Å². The highest BCUT2D eigenvalue weighted by molar-refractivity contribution is 6.27. The van der Waals surface area contributed by atoms with Crippen LogP contribution >= 0.6 is 11.6 Å². The van der Waals surface area contributed by atoms with Gasteiger partial charge < -0.3 is 4.90 Å². The second kappa shape index (κ2) is 5.35. The Balaban J connectivity index is 3.86. The molecule has 1 rings (SSSR count). The highest BCUT2D eigenvalue weighted by Crippen LogP contribution is 2.19. The third kappa shape index (κ3) is 3.24. The van der Waals surface area contributed by atoms with Crippen LogP contribution in [0.3, 0.4) is 0 Å². The molecule has 0 aliphatic carbocycles. The summed E-state index contributed by atoms with van der Waals surface area (Å²) in [4.78, 5) is 12.5. The lowest BCUT2D eigenvalue weighted by Crippen LogP contribution is -2.47. The Hall–Kier alpha value is -1.02. The SMILES string of the molecule is [2H]C([2H])([2H])C(N(C)C(=O)CCl)(C([2H])([2H])[2H])C([2H])([2H])c1ccccc1. The molecule has 0 heterocycles. The standard InChI is InChI=1S/C13H18ClNO/c1-13(2,15(3)12(16)10-14)9-11-7-5-4-6-8-11/h4-8H,9-10H2,1-3H3/i1D3,2D3,9D2. The van der Waals surface area contributed by atoms with E-state index in [4.69, 9.17) is 22.6 Å². The monoisotopic (exact) mass is 247 g/mol. The van der Waals surface area contributed by atoms with Crippen LogP contribution in [0.2, 0.25) is 0 Å². The summed E-state index contributed by atoms with van der Waals surface area (Å²) < 4.78 is 63.5. The van der Waals surface area contributed by atoms with E-state index in [2.05, 4.69) is 0 Å². The largest absolute Gasteiger partial charge is 0.339 e. The van der Waals surface area contributed by atoms with Crippen LogP contribution in [0.15, 0.2) is 30.3 Å². The van der Waals surface area contributed by atoms with Gasteiger partial charge >= 0.3 is 0 Å². The summed E-state index contributed by atoms with van der Waals surface area (Å²) in [6.45, 7) is -6.71. The van der Waals surface area contributed by atoms with Gasteiger partial charge in [-0.2, -0.15) is 0 Å².